The van der Waals surface area contributed by atoms with Gasteiger partial charge in [0.2, 0.25) is 0 Å². The van der Waals surface area contributed by atoms with Crippen LogP contribution in [0.25, 0.3) is 0 Å². The third-order valence-corrected chi connectivity index (χ3v) is 4.42. The van der Waals surface area contributed by atoms with Crippen LogP contribution >= 0.6 is 0 Å². The number of hydrogen-bond acceptors (Lipinski definition) is 4. The monoisotopic (exact) mass is 285 g/mol. The predicted octanol–water partition coefficient (Wildman–Crippen LogP) is 2.05. The number of aromatic nitrogens is 1. The minimum Gasteiger partial charge on any atom is -0.374 e. The first-order chi connectivity index (χ1) is 10.2. The van der Waals surface area contributed by atoms with Gasteiger partial charge in [-0.15, -0.1) is 0 Å². The molecule has 5 heteroatoms. The maximum atomic E-state index is 12.7. The molecule has 2 atom stereocenters. The number of amides is 1. The van der Waals surface area contributed by atoms with Crippen LogP contribution in [0.2, 0.25) is 0 Å². The van der Waals surface area contributed by atoms with Gasteiger partial charge < -0.3 is 9.64 Å². The third-order valence-electron chi connectivity index (χ3n) is 4.42. The fraction of sp³-hybridized carbons (Fsp3) is 0.562. The molecule has 21 heavy (non-hydrogen) atoms. The van der Waals surface area contributed by atoms with Crippen LogP contribution in [0, 0.1) is 18.3 Å². The molecule has 110 valence electrons. The molecule has 1 amide bonds. The number of pyridine rings is 1. The van der Waals surface area contributed by atoms with Crippen LogP contribution < -0.4 is 0 Å². The predicted molar refractivity (Wildman–Crippen MR) is 76.7 cm³/mol. The van der Waals surface area contributed by atoms with E-state index in [9.17, 15) is 4.79 Å². The van der Waals surface area contributed by atoms with E-state index in [1.165, 1.54) is 6.42 Å². The van der Waals surface area contributed by atoms with E-state index in [4.69, 9.17) is 10.00 Å². The number of fused-ring (bicyclic) bond motifs is 1. The Balaban J connectivity index is 1.83. The van der Waals surface area contributed by atoms with Gasteiger partial charge >= 0.3 is 0 Å². The lowest BCUT2D eigenvalue weighted by atomic mass is 9.90. The van der Waals surface area contributed by atoms with Gasteiger partial charge in [-0.2, -0.15) is 5.26 Å². The summed E-state index contributed by atoms with van der Waals surface area (Å²) >= 11 is 0. The number of rotatable bonds is 1. The van der Waals surface area contributed by atoms with Crippen molar-refractivity contribution in [1.29, 1.82) is 5.26 Å². The Bertz CT molecular complexity index is 592. The second-order valence-electron chi connectivity index (χ2n) is 5.70. The van der Waals surface area contributed by atoms with Gasteiger partial charge in [0, 0.05) is 6.54 Å². The summed E-state index contributed by atoms with van der Waals surface area (Å²) in [5, 5.41) is 8.95. The fourth-order valence-corrected chi connectivity index (χ4v) is 3.29. The van der Waals surface area contributed by atoms with Crippen LogP contribution in [0.4, 0.5) is 0 Å². The molecule has 0 radical (unpaired) electrons. The Morgan fingerprint density at radius 2 is 2.24 bits per heavy atom. The fourth-order valence-electron chi connectivity index (χ4n) is 3.29. The zero-order valence-corrected chi connectivity index (χ0v) is 12.2. The molecule has 0 N–H and O–H groups in total. The summed E-state index contributed by atoms with van der Waals surface area (Å²) in [5.74, 6) is -0.0391. The van der Waals surface area contributed by atoms with E-state index >= 15 is 0 Å². The van der Waals surface area contributed by atoms with Crippen molar-refractivity contribution in [3.05, 3.63) is 29.1 Å². The zero-order valence-electron chi connectivity index (χ0n) is 12.2. The first kappa shape index (κ1) is 14.0. The van der Waals surface area contributed by atoms with E-state index in [-0.39, 0.29) is 18.1 Å². The van der Waals surface area contributed by atoms with Crippen molar-refractivity contribution >= 4 is 5.91 Å². The number of morpholine rings is 1. The standard InChI is InChI=1S/C16H19N3O2/c1-11-12(10-17)6-7-13(18-11)16(20)19-8-9-21-15-5-3-2-4-14(15)19/h6-7,14-15H,2-5,8-9H2,1H3/t14-,15+/m0/s1. The van der Waals surface area contributed by atoms with Gasteiger partial charge in [-0.25, -0.2) is 4.98 Å². The first-order valence-corrected chi connectivity index (χ1v) is 7.51. The van der Waals surface area contributed by atoms with Gasteiger partial charge in [-0.1, -0.05) is 12.8 Å². The molecular weight excluding hydrogens is 266 g/mol. The number of aryl methyl sites for hydroxylation is 1. The van der Waals surface area contributed by atoms with E-state index in [1.807, 2.05) is 4.90 Å². The third kappa shape index (κ3) is 2.64. The summed E-state index contributed by atoms with van der Waals surface area (Å²) in [6, 6.07) is 5.59. The highest BCUT2D eigenvalue weighted by Crippen LogP contribution is 2.29. The summed E-state index contributed by atoms with van der Waals surface area (Å²) in [7, 11) is 0. The van der Waals surface area contributed by atoms with Gasteiger partial charge in [-0.05, 0) is 31.9 Å². The summed E-state index contributed by atoms with van der Waals surface area (Å²) in [6.07, 6.45) is 4.54. The largest absolute Gasteiger partial charge is 0.374 e. The van der Waals surface area contributed by atoms with E-state index in [1.54, 1.807) is 19.1 Å². The normalized spacial score (nSPS) is 25.0. The van der Waals surface area contributed by atoms with Gasteiger partial charge in [0.15, 0.2) is 0 Å². The maximum absolute atomic E-state index is 12.7. The molecule has 2 aliphatic rings. The molecule has 1 saturated carbocycles. The van der Waals surface area contributed by atoms with E-state index in [0.717, 1.165) is 19.3 Å². The van der Waals surface area contributed by atoms with Gasteiger partial charge in [0.05, 0.1) is 30.0 Å². The van der Waals surface area contributed by atoms with E-state index in [0.29, 0.717) is 30.1 Å². The minimum atomic E-state index is -0.0391. The van der Waals surface area contributed by atoms with Gasteiger partial charge in [-0.3, -0.25) is 4.79 Å². The van der Waals surface area contributed by atoms with Crippen molar-refractivity contribution in [2.45, 2.75) is 44.8 Å². The quantitative estimate of drug-likeness (QED) is 0.792. The molecule has 2 heterocycles. The summed E-state index contributed by atoms with van der Waals surface area (Å²) in [4.78, 5) is 19.0. The average Bonchev–Trinajstić information content (AvgIpc) is 2.53. The number of carbonyl (C=O) groups is 1. The highest BCUT2D eigenvalue weighted by molar-refractivity contribution is 5.92. The van der Waals surface area contributed by atoms with Crippen LogP contribution in [0.15, 0.2) is 12.1 Å². The second kappa shape index (κ2) is 5.82. The highest BCUT2D eigenvalue weighted by atomic mass is 16.5. The van der Waals surface area contributed by atoms with Crippen molar-refractivity contribution in [2.24, 2.45) is 0 Å². The SMILES string of the molecule is Cc1nc(C(=O)N2CCO[C@@H]3CCCC[C@@H]32)ccc1C#N. The number of ether oxygens (including phenoxy) is 1. The number of nitrogens with zero attached hydrogens (tertiary/aromatic N) is 3. The Kier molecular flexibility index (Phi) is 3.89. The summed E-state index contributed by atoms with van der Waals surface area (Å²) in [5.41, 5.74) is 1.55. The van der Waals surface area contributed by atoms with Crippen LogP contribution in [0.3, 0.4) is 0 Å². The molecule has 1 aromatic heterocycles. The van der Waals surface area contributed by atoms with E-state index < -0.39 is 0 Å². The number of hydrogen-bond donors (Lipinski definition) is 0. The molecular formula is C16H19N3O2. The molecule has 0 bridgehead atoms. The average molecular weight is 285 g/mol. The van der Waals surface area contributed by atoms with Crippen molar-refractivity contribution in [3.8, 4) is 6.07 Å². The molecule has 1 saturated heterocycles. The van der Waals surface area contributed by atoms with Crippen LogP contribution in [0.1, 0.15) is 47.4 Å². The highest BCUT2D eigenvalue weighted by Gasteiger charge is 2.37. The molecule has 5 nitrogen and oxygen atoms in total. The Labute approximate surface area is 124 Å². The number of nitriles is 1. The zero-order chi connectivity index (χ0) is 14.8. The topological polar surface area (TPSA) is 66.2 Å². The Morgan fingerprint density at radius 1 is 1.43 bits per heavy atom. The molecule has 1 aliphatic carbocycles. The lowest BCUT2D eigenvalue weighted by Crippen LogP contribution is -2.55. The minimum absolute atomic E-state index is 0.0391. The smallest absolute Gasteiger partial charge is 0.272 e. The molecule has 1 aliphatic heterocycles. The molecule has 1 aromatic rings. The van der Waals surface area contributed by atoms with Crippen molar-refractivity contribution in [3.63, 3.8) is 0 Å². The van der Waals surface area contributed by atoms with Gasteiger partial charge in [0.1, 0.15) is 11.8 Å². The summed E-state index contributed by atoms with van der Waals surface area (Å²) < 4.78 is 5.80. The molecule has 2 fully saturated rings. The van der Waals surface area contributed by atoms with Crippen molar-refractivity contribution in [2.75, 3.05) is 13.2 Å². The lowest BCUT2D eigenvalue weighted by Gasteiger charge is -2.43. The molecule has 3 rings (SSSR count). The van der Waals surface area contributed by atoms with Crippen LogP contribution in [-0.2, 0) is 4.74 Å². The van der Waals surface area contributed by atoms with Gasteiger partial charge in [0.25, 0.3) is 5.91 Å². The molecule has 0 unspecified atom stereocenters. The maximum Gasteiger partial charge on any atom is 0.272 e. The van der Waals surface area contributed by atoms with Crippen molar-refractivity contribution < 1.29 is 9.53 Å². The Hall–Kier alpha value is -1.93. The second-order valence-corrected chi connectivity index (χ2v) is 5.70. The number of carbonyl (C=O) groups excluding carboxylic acids is 1. The Morgan fingerprint density at radius 3 is 3.00 bits per heavy atom. The summed E-state index contributed by atoms with van der Waals surface area (Å²) in [6.45, 7) is 2.99. The van der Waals surface area contributed by atoms with E-state index in [2.05, 4.69) is 11.1 Å². The lowest BCUT2D eigenvalue weighted by molar-refractivity contribution is -0.0754. The molecule has 0 spiro atoms. The molecule has 0 aromatic carbocycles. The first-order valence-electron chi connectivity index (χ1n) is 7.51. The van der Waals surface area contributed by atoms with Crippen molar-refractivity contribution in [1.82, 2.24) is 9.88 Å². The van der Waals surface area contributed by atoms with Crippen LogP contribution in [-0.4, -0.2) is 41.1 Å². The van der Waals surface area contributed by atoms with Crippen LogP contribution in [0.5, 0.6) is 0 Å².